The third kappa shape index (κ3) is 3.62. The van der Waals surface area contributed by atoms with Crippen molar-refractivity contribution in [2.24, 2.45) is 12.8 Å². The molecule has 8 heteroatoms. The Morgan fingerprint density at radius 2 is 2.32 bits per heavy atom. The Kier molecular flexibility index (Phi) is 4.24. The number of hydrogen-bond acceptors (Lipinski definition) is 5. The molecule has 0 saturated carbocycles. The molecule has 0 aromatic carbocycles. The van der Waals surface area contributed by atoms with Crippen molar-refractivity contribution in [3.8, 4) is 0 Å². The van der Waals surface area contributed by atoms with Gasteiger partial charge in [-0.25, -0.2) is 0 Å². The van der Waals surface area contributed by atoms with E-state index in [0.717, 1.165) is 12.0 Å². The highest BCUT2D eigenvalue weighted by Crippen LogP contribution is 1.97. The summed E-state index contributed by atoms with van der Waals surface area (Å²) in [5.41, 5.74) is 6.78. The molecule has 0 aliphatic heterocycles. The van der Waals surface area contributed by atoms with Crippen LogP contribution >= 0.6 is 0 Å². The predicted molar refractivity (Wildman–Crippen MR) is 68.3 cm³/mol. The Morgan fingerprint density at radius 1 is 1.47 bits per heavy atom. The van der Waals surface area contributed by atoms with Crippen molar-refractivity contribution >= 4 is 5.91 Å². The van der Waals surface area contributed by atoms with Crippen molar-refractivity contribution in [3.63, 3.8) is 0 Å². The molecule has 0 bridgehead atoms. The van der Waals surface area contributed by atoms with E-state index in [1.54, 1.807) is 21.8 Å². The monoisotopic (exact) mass is 263 g/mol. The fourth-order valence-corrected chi connectivity index (χ4v) is 1.66. The molecule has 2 rings (SSSR count). The molecule has 0 unspecified atom stereocenters. The fraction of sp³-hybridized carbons (Fsp3) is 0.455. The molecule has 0 aliphatic carbocycles. The van der Waals surface area contributed by atoms with Crippen molar-refractivity contribution in [3.05, 3.63) is 29.8 Å². The normalized spacial score (nSPS) is 10.6. The van der Waals surface area contributed by atoms with Gasteiger partial charge in [0.2, 0.25) is 0 Å². The number of aryl methyl sites for hydroxylation is 1. The lowest BCUT2D eigenvalue weighted by atomic mass is 10.2. The summed E-state index contributed by atoms with van der Waals surface area (Å²) in [6, 6.07) is 0. The summed E-state index contributed by atoms with van der Waals surface area (Å²) in [5.74, 6) is -0.229. The molecular weight excluding hydrogens is 246 g/mol. The number of nitrogens with two attached hydrogens (primary N) is 1. The molecule has 2 aromatic heterocycles. The second kappa shape index (κ2) is 6.10. The van der Waals surface area contributed by atoms with Gasteiger partial charge in [0.25, 0.3) is 5.91 Å². The van der Waals surface area contributed by atoms with Gasteiger partial charge < -0.3 is 11.1 Å². The van der Waals surface area contributed by atoms with Gasteiger partial charge in [0, 0.05) is 26.3 Å². The van der Waals surface area contributed by atoms with Crippen LogP contribution in [0, 0.1) is 0 Å². The summed E-state index contributed by atoms with van der Waals surface area (Å²) in [6.07, 6.45) is 6.02. The SMILES string of the molecule is Cn1cc(CCNC(=O)c2cn(CCN)nn2)cn1. The Labute approximate surface area is 110 Å². The molecular formula is C11H17N7O. The number of hydrogen-bond donors (Lipinski definition) is 2. The van der Waals surface area contributed by atoms with Crippen molar-refractivity contribution in [1.82, 2.24) is 30.1 Å². The van der Waals surface area contributed by atoms with Crippen molar-refractivity contribution in [2.45, 2.75) is 13.0 Å². The number of aromatic nitrogens is 5. The maximum Gasteiger partial charge on any atom is 0.273 e. The smallest absolute Gasteiger partial charge is 0.273 e. The van der Waals surface area contributed by atoms with E-state index in [-0.39, 0.29) is 5.91 Å². The van der Waals surface area contributed by atoms with Crippen LogP contribution in [0.25, 0.3) is 0 Å². The maximum absolute atomic E-state index is 11.8. The maximum atomic E-state index is 11.8. The Balaban J connectivity index is 1.80. The average molecular weight is 263 g/mol. The summed E-state index contributed by atoms with van der Waals surface area (Å²) < 4.78 is 3.28. The molecule has 0 radical (unpaired) electrons. The zero-order chi connectivity index (χ0) is 13.7. The topological polar surface area (TPSA) is 104 Å². The Bertz CT molecular complexity index is 545. The minimum absolute atomic E-state index is 0.229. The first-order valence-electron chi connectivity index (χ1n) is 6.05. The van der Waals surface area contributed by atoms with Crippen LogP contribution in [-0.4, -0.2) is 43.8 Å². The fourth-order valence-electron chi connectivity index (χ4n) is 1.66. The van der Waals surface area contributed by atoms with Crippen molar-refractivity contribution in [2.75, 3.05) is 13.1 Å². The van der Waals surface area contributed by atoms with E-state index in [2.05, 4.69) is 20.7 Å². The molecule has 2 aromatic rings. The lowest BCUT2D eigenvalue weighted by Gasteiger charge is -2.00. The van der Waals surface area contributed by atoms with Gasteiger partial charge in [0.05, 0.1) is 18.9 Å². The minimum Gasteiger partial charge on any atom is -0.350 e. The predicted octanol–water partition coefficient (Wildman–Crippen LogP) is -1.06. The molecule has 3 N–H and O–H groups in total. The first-order chi connectivity index (χ1) is 9.19. The van der Waals surface area contributed by atoms with Crippen LogP contribution < -0.4 is 11.1 Å². The number of carbonyl (C=O) groups is 1. The average Bonchev–Trinajstić information content (AvgIpc) is 2.99. The van der Waals surface area contributed by atoms with Gasteiger partial charge in [0.1, 0.15) is 0 Å². The highest BCUT2D eigenvalue weighted by molar-refractivity contribution is 5.91. The summed E-state index contributed by atoms with van der Waals surface area (Å²) in [6.45, 7) is 1.55. The molecule has 102 valence electrons. The van der Waals surface area contributed by atoms with Gasteiger partial charge in [-0.1, -0.05) is 5.21 Å². The van der Waals surface area contributed by atoms with E-state index in [0.29, 0.717) is 25.3 Å². The van der Waals surface area contributed by atoms with Crippen LogP contribution in [0.15, 0.2) is 18.6 Å². The van der Waals surface area contributed by atoms with Gasteiger partial charge in [-0.15, -0.1) is 5.10 Å². The number of rotatable bonds is 6. The Morgan fingerprint density at radius 3 is 3.00 bits per heavy atom. The number of amides is 1. The molecule has 2 heterocycles. The zero-order valence-electron chi connectivity index (χ0n) is 10.8. The van der Waals surface area contributed by atoms with E-state index in [1.807, 2.05) is 13.2 Å². The van der Waals surface area contributed by atoms with Crippen molar-refractivity contribution < 1.29 is 4.79 Å². The van der Waals surface area contributed by atoms with Crippen molar-refractivity contribution in [1.29, 1.82) is 0 Å². The number of nitrogens with one attached hydrogen (secondary N) is 1. The van der Waals surface area contributed by atoms with Crippen LogP contribution in [0.5, 0.6) is 0 Å². The first kappa shape index (κ1) is 13.2. The summed E-state index contributed by atoms with van der Waals surface area (Å²) in [7, 11) is 1.86. The molecule has 8 nitrogen and oxygen atoms in total. The van der Waals surface area contributed by atoms with Gasteiger partial charge in [-0.3, -0.25) is 14.2 Å². The highest BCUT2D eigenvalue weighted by atomic mass is 16.2. The second-order valence-corrected chi connectivity index (χ2v) is 4.18. The molecule has 0 aliphatic rings. The van der Waals surface area contributed by atoms with E-state index in [9.17, 15) is 4.79 Å². The van der Waals surface area contributed by atoms with Crippen LogP contribution in [-0.2, 0) is 20.0 Å². The third-order valence-electron chi connectivity index (χ3n) is 2.59. The van der Waals surface area contributed by atoms with Gasteiger partial charge in [0.15, 0.2) is 5.69 Å². The lowest BCUT2D eigenvalue weighted by molar-refractivity contribution is 0.0949. The van der Waals surface area contributed by atoms with E-state index in [4.69, 9.17) is 5.73 Å². The summed E-state index contributed by atoms with van der Waals surface area (Å²) in [5, 5.41) is 14.5. The van der Waals surface area contributed by atoms with Gasteiger partial charge in [-0.05, 0) is 12.0 Å². The molecule has 0 fully saturated rings. The zero-order valence-corrected chi connectivity index (χ0v) is 10.8. The third-order valence-corrected chi connectivity index (χ3v) is 2.59. The standard InChI is InChI=1S/C11H17N7O/c1-17-7-9(6-14-17)2-4-13-11(19)10-8-18(5-3-12)16-15-10/h6-8H,2-5,12H2,1H3,(H,13,19). The van der Waals surface area contributed by atoms with E-state index < -0.39 is 0 Å². The molecule has 0 atom stereocenters. The molecule has 0 spiro atoms. The number of nitrogens with zero attached hydrogens (tertiary/aromatic N) is 5. The van der Waals surface area contributed by atoms with Gasteiger partial charge in [-0.2, -0.15) is 5.10 Å². The van der Waals surface area contributed by atoms with Crippen LogP contribution in [0.3, 0.4) is 0 Å². The largest absolute Gasteiger partial charge is 0.350 e. The highest BCUT2D eigenvalue weighted by Gasteiger charge is 2.09. The molecule has 1 amide bonds. The summed E-state index contributed by atoms with van der Waals surface area (Å²) >= 11 is 0. The molecule has 19 heavy (non-hydrogen) atoms. The van der Waals surface area contributed by atoms with E-state index >= 15 is 0 Å². The Hall–Kier alpha value is -2.22. The molecule has 0 saturated heterocycles. The van der Waals surface area contributed by atoms with Crippen LogP contribution in [0.2, 0.25) is 0 Å². The quantitative estimate of drug-likeness (QED) is 0.691. The van der Waals surface area contributed by atoms with Crippen LogP contribution in [0.1, 0.15) is 16.1 Å². The number of carbonyl (C=O) groups excluding carboxylic acids is 1. The van der Waals surface area contributed by atoms with Crippen LogP contribution in [0.4, 0.5) is 0 Å². The van der Waals surface area contributed by atoms with Gasteiger partial charge >= 0.3 is 0 Å². The minimum atomic E-state index is -0.229. The van der Waals surface area contributed by atoms with E-state index in [1.165, 1.54) is 0 Å². The summed E-state index contributed by atoms with van der Waals surface area (Å²) in [4.78, 5) is 11.8. The second-order valence-electron chi connectivity index (χ2n) is 4.18. The first-order valence-corrected chi connectivity index (χ1v) is 6.05. The lowest BCUT2D eigenvalue weighted by Crippen LogP contribution is -2.26.